The van der Waals surface area contributed by atoms with Crippen molar-refractivity contribution in [3.05, 3.63) is 23.8 Å². The number of rotatable bonds is 5. The highest BCUT2D eigenvalue weighted by Crippen LogP contribution is 2.20. The van der Waals surface area contributed by atoms with Crippen molar-refractivity contribution < 1.29 is 9.47 Å². The highest BCUT2D eigenvalue weighted by molar-refractivity contribution is 6.13. The molecule has 3 N–H and O–H groups in total. The van der Waals surface area contributed by atoms with Crippen molar-refractivity contribution in [3.63, 3.8) is 0 Å². The van der Waals surface area contributed by atoms with E-state index < -0.39 is 0 Å². The Morgan fingerprint density at radius 3 is 2.81 bits per heavy atom. The number of methoxy groups -OCH3 is 1. The fourth-order valence-electron chi connectivity index (χ4n) is 1.18. The topological polar surface area (TPSA) is 68.3 Å². The van der Waals surface area contributed by atoms with Crippen LogP contribution < -0.4 is 10.5 Å². The van der Waals surface area contributed by atoms with E-state index in [-0.39, 0.29) is 5.71 Å². The van der Waals surface area contributed by atoms with E-state index in [9.17, 15) is 0 Å². The van der Waals surface area contributed by atoms with Crippen LogP contribution in [0.1, 0.15) is 5.56 Å². The minimum absolute atomic E-state index is 0.0703. The Kier molecular flexibility index (Phi) is 4.37. The summed E-state index contributed by atoms with van der Waals surface area (Å²) < 4.78 is 10.2. The van der Waals surface area contributed by atoms with E-state index in [1.54, 1.807) is 25.3 Å². The van der Waals surface area contributed by atoms with Crippen LogP contribution in [0.5, 0.6) is 5.75 Å². The van der Waals surface area contributed by atoms with Crippen molar-refractivity contribution in [2.75, 3.05) is 26.1 Å². The summed E-state index contributed by atoms with van der Waals surface area (Å²) in [7, 11) is 1.61. The Balaban J connectivity index is 2.76. The van der Waals surface area contributed by atoms with Gasteiger partial charge in [0, 0.05) is 24.4 Å². The number of hydrogen-bond acceptors (Lipinski definition) is 4. The summed E-state index contributed by atoms with van der Waals surface area (Å²) in [6.45, 7) is 0.976. The van der Waals surface area contributed by atoms with Crippen LogP contribution in [-0.4, -0.2) is 26.0 Å². The lowest BCUT2D eigenvalue weighted by Crippen LogP contribution is -2.06. The fourth-order valence-corrected chi connectivity index (χ4v) is 1.18. The Labute approximate surface area is 94.9 Å². The van der Waals surface area contributed by atoms with Gasteiger partial charge in [0.15, 0.2) is 0 Å². The first-order valence-electron chi connectivity index (χ1n) is 4.76. The van der Waals surface area contributed by atoms with Gasteiger partial charge < -0.3 is 15.2 Å². The lowest BCUT2D eigenvalue weighted by Gasteiger charge is -2.08. The van der Waals surface area contributed by atoms with E-state index in [2.05, 4.69) is 5.92 Å². The molecule has 0 saturated heterocycles. The van der Waals surface area contributed by atoms with Crippen molar-refractivity contribution in [1.82, 2.24) is 0 Å². The zero-order chi connectivity index (χ0) is 12.0. The predicted molar refractivity (Wildman–Crippen MR) is 63.9 cm³/mol. The molecule has 0 spiro atoms. The van der Waals surface area contributed by atoms with Crippen LogP contribution in [0, 0.1) is 17.8 Å². The molecule has 1 rings (SSSR count). The number of nitrogens with two attached hydrogens (primary N) is 1. The van der Waals surface area contributed by atoms with Gasteiger partial charge in [-0.1, -0.05) is 5.92 Å². The molecule has 0 unspecified atom stereocenters. The molecular weight excluding hydrogens is 204 g/mol. The molecule has 0 aliphatic rings. The van der Waals surface area contributed by atoms with Crippen LogP contribution in [0.25, 0.3) is 0 Å². The van der Waals surface area contributed by atoms with Crippen LogP contribution in [0.15, 0.2) is 18.2 Å². The molecule has 4 nitrogen and oxygen atoms in total. The number of ether oxygens (including phenoxy) is 2. The lowest BCUT2D eigenvalue weighted by molar-refractivity contribution is 0.146. The van der Waals surface area contributed by atoms with Crippen LogP contribution in [0.3, 0.4) is 0 Å². The van der Waals surface area contributed by atoms with Gasteiger partial charge in [-0.2, -0.15) is 0 Å². The molecule has 0 fully saturated rings. The minimum Gasteiger partial charge on any atom is -0.491 e. The summed E-state index contributed by atoms with van der Waals surface area (Å²) in [5, 5.41) is 7.48. The van der Waals surface area contributed by atoms with Crippen molar-refractivity contribution in [2.24, 2.45) is 0 Å². The molecule has 0 aliphatic heterocycles. The third-order valence-corrected chi connectivity index (χ3v) is 1.99. The summed E-state index contributed by atoms with van der Waals surface area (Å²) in [5.41, 5.74) is 6.81. The van der Waals surface area contributed by atoms with E-state index in [0.29, 0.717) is 30.2 Å². The Morgan fingerprint density at radius 2 is 2.25 bits per heavy atom. The SMILES string of the molecule is C#CC(=N)c1ccc(OCCOC)cc1N. The van der Waals surface area contributed by atoms with E-state index >= 15 is 0 Å². The standard InChI is InChI=1S/C12H14N2O2/c1-3-11(13)10-5-4-9(8-12(10)14)16-7-6-15-2/h1,4-5,8,13H,6-7,14H2,2H3. The summed E-state index contributed by atoms with van der Waals surface area (Å²) in [4.78, 5) is 0. The Morgan fingerprint density at radius 1 is 1.50 bits per heavy atom. The molecule has 1 aromatic carbocycles. The van der Waals surface area contributed by atoms with Gasteiger partial charge in [0.25, 0.3) is 0 Å². The van der Waals surface area contributed by atoms with Gasteiger partial charge in [0.1, 0.15) is 18.1 Å². The first-order valence-corrected chi connectivity index (χ1v) is 4.76. The highest BCUT2D eigenvalue weighted by Gasteiger charge is 2.04. The maximum absolute atomic E-state index is 7.48. The molecule has 0 saturated carbocycles. The number of benzene rings is 1. The summed E-state index contributed by atoms with van der Waals surface area (Å²) in [5.74, 6) is 2.88. The summed E-state index contributed by atoms with van der Waals surface area (Å²) in [6, 6.07) is 5.06. The van der Waals surface area contributed by atoms with E-state index in [1.807, 2.05) is 0 Å². The number of anilines is 1. The average molecular weight is 218 g/mol. The van der Waals surface area contributed by atoms with Crippen molar-refractivity contribution in [1.29, 1.82) is 5.41 Å². The predicted octanol–water partition coefficient (Wildman–Crippen LogP) is 1.30. The number of terminal acetylenes is 1. The first-order chi connectivity index (χ1) is 7.69. The molecule has 0 heterocycles. The van der Waals surface area contributed by atoms with Crippen LogP contribution in [0.2, 0.25) is 0 Å². The lowest BCUT2D eigenvalue weighted by atomic mass is 10.1. The van der Waals surface area contributed by atoms with Gasteiger partial charge in [-0.3, -0.25) is 5.41 Å². The van der Waals surface area contributed by atoms with Crippen LogP contribution in [0.4, 0.5) is 5.69 Å². The number of nitrogen functional groups attached to an aromatic ring is 1. The first kappa shape index (κ1) is 12.1. The smallest absolute Gasteiger partial charge is 0.121 e. The third-order valence-electron chi connectivity index (χ3n) is 1.99. The van der Waals surface area contributed by atoms with Gasteiger partial charge >= 0.3 is 0 Å². The maximum atomic E-state index is 7.48. The van der Waals surface area contributed by atoms with Crippen molar-refractivity contribution in [2.45, 2.75) is 0 Å². The Hall–Kier alpha value is -1.99. The zero-order valence-electron chi connectivity index (χ0n) is 9.12. The van der Waals surface area contributed by atoms with Crippen molar-refractivity contribution >= 4 is 11.4 Å². The maximum Gasteiger partial charge on any atom is 0.121 e. The normalized spacial score (nSPS) is 9.50. The van der Waals surface area contributed by atoms with Crippen molar-refractivity contribution in [3.8, 4) is 18.1 Å². The third kappa shape index (κ3) is 3.01. The second-order valence-corrected chi connectivity index (χ2v) is 3.11. The molecule has 16 heavy (non-hydrogen) atoms. The highest BCUT2D eigenvalue weighted by atomic mass is 16.5. The number of nitrogens with one attached hydrogen (secondary N) is 1. The average Bonchev–Trinajstić information content (AvgIpc) is 2.29. The molecule has 0 aliphatic carbocycles. The van der Waals surface area contributed by atoms with Crippen LogP contribution in [-0.2, 0) is 4.74 Å². The minimum atomic E-state index is 0.0703. The molecule has 0 bridgehead atoms. The second kappa shape index (κ2) is 5.79. The zero-order valence-corrected chi connectivity index (χ0v) is 9.12. The van der Waals surface area contributed by atoms with Gasteiger partial charge in [-0.15, -0.1) is 6.42 Å². The van der Waals surface area contributed by atoms with E-state index in [0.717, 1.165) is 0 Å². The molecule has 0 atom stereocenters. The molecule has 0 aromatic heterocycles. The van der Waals surface area contributed by atoms with Crippen LogP contribution >= 0.6 is 0 Å². The molecule has 84 valence electrons. The molecule has 4 heteroatoms. The van der Waals surface area contributed by atoms with Gasteiger partial charge in [0.2, 0.25) is 0 Å². The molecule has 0 radical (unpaired) electrons. The van der Waals surface area contributed by atoms with Gasteiger partial charge in [-0.25, -0.2) is 0 Å². The largest absolute Gasteiger partial charge is 0.491 e. The quantitative estimate of drug-likeness (QED) is 0.339. The molecular formula is C12H14N2O2. The van der Waals surface area contributed by atoms with Gasteiger partial charge in [-0.05, 0) is 12.1 Å². The summed E-state index contributed by atoms with van der Waals surface area (Å²) >= 11 is 0. The van der Waals surface area contributed by atoms with Gasteiger partial charge in [0.05, 0.1) is 6.61 Å². The second-order valence-electron chi connectivity index (χ2n) is 3.11. The van der Waals surface area contributed by atoms with E-state index in [1.165, 1.54) is 0 Å². The summed E-state index contributed by atoms with van der Waals surface area (Å²) in [6.07, 6.45) is 5.13. The van der Waals surface area contributed by atoms with E-state index in [4.69, 9.17) is 27.0 Å². The number of hydrogen-bond donors (Lipinski definition) is 2. The Bertz CT molecular complexity index is 422. The molecule has 1 aromatic rings. The monoisotopic (exact) mass is 218 g/mol. The molecule has 0 amide bonds. The fraction of sp³-hybridized carbons (Fsp3) is 0.250.